The van der Waals surface area contributed by atoms with Crippen molar-refractivity contribution in [1.29, 1.82) is 0 Å². The third-order valence-corrected chi connectivity index (χ3v) is 3.64. The van der Waals surface area contributed by atoms with Crippen LogP contribution in [0.1, 0.15) is 10.5 Å². The van der Waals surface area contributed by atoms with Gasteiger partial charge in [0.05, 0.1) is 20.8 Å². The molecule has 0 atom stereocenters. The van der Waals surface area contributed by atoms with Crippen LogP contribution in [0.4, 0.5) is 5.69 Å². The van der Waals surface area contributed by atoms with Gasteiger partial charge in [-0.05, 0) is 34.1 Å². The van der Waals surface area contributed by atoms with E-state index in [4.69, 9.17) is 34.8 Å². The van der Waals surface area contributed by atoms with Crippen LogP contribution in [0.5, 0.6) is 0 Å². The maximum absolute atomic E-state index is 11.9. The highest BCUT2D eigenvalue weighted by molar-refractivity contribution is 9.10. The number of nitrogens with one attached hydrogen (secondary N) is 2. The lowest BCUT2D eigenvalue weighted by Crippen LogP contribution is -2.12. The number of carbonyl (C=O) groups is 1. The van der Waals surface area contributed by atoms with Crippen LogP contribution in [0.25, 0.3) is 0 Å². The van der Waals surface area contributed by atoms with Crippen LogP contribution in [-0.2, 0) is 0 Å². The van der Waals surface area contributed by atoms with Crippen LogP contribution in [-0.4, -0.2) is 10.9 Å². The van der Waals surface area contributed by atoms with E-state index in [1.54, 1.807) is 12.3 Å². The average Bonchev–Trinajstić information content (AvgIpc) is 2.73. The number of hydrogen-bond acceptors (Lipinski definition) is 1. The number of benzene rings is 1. The fraction of sp³-hybridized carbons (Fsp3) is 0. The summed E-state index contributed by atoms with van der Waals surface area (Å²) >= 11 is 20.9. The smallest absolute Gasteiger partial charge is 0.272 e. The van der Waals surface area contributed by atoms with Crippen molar-refractivity contribution in [2.45, 2.75) is 0 Å². The van der Waals surface area contributed by atoms with E-state index >= 15 is 0 Å². The first-order valence-electron chi connectivity index (χ1n) is 4.77. The van der Waals surface area contributed by atoms with Gasteiger partial charge in [-0.1, -0.05) is 34.8 Å². The van der Waals surface area contributed by atoms with E-state index in [1.807, 2.05) is 0 Å². The Labute approximate surface area is 127 Å². The highest BCUT2D eigenvalue weighted by atomic mass is 79.9. The zero-order chi connectivity index (χ0) is 13.3. The van der Waals surface area contributed by atoms with Crippen LogP contribution >= 0.6 is 50.7 Å². The monoisotopic (exact) mass is 366 g/mol. The van der Waals surface area contributed by atoms with Gasteiger partial charge in [0.1, 0.15) is 5.69 Å². The van der Waals surface area contributed by atoms with Crippen LogP contribution in [0.2, 0.25) is 15.1 Å². The quantitative estimate of drug-likeness (QED) is 0.721. The molecule has 3 nitrogen and oxygen atoms in total. The fourth-order valence-corrected chi connectivity index (χ4v) is 2.24. The number of hydrogen-bond donors (Lipinski definition) is 2. The summed E-state index contributed by atoms with van der Waals surface area (Å²) in [5.41, 5.74) is 0.811. The van der Waals surface area contributed by atoms with Crippen molar-refractivity contribution in [3.8, 4) is 0 Å². The van der Waals surface area contributed by atoms with Gasteiger partial charge in [0.15, 0.2) is 0 Å². The number of anilines is 1. The molecule has 94 valence electrons. The Balaban J connectivity index is 2.24. The molecule has 0 saturated carbocycles. The fourth-order valence-electron chi connectivity index (χ4n) is 1.31. The highest BCUT2D eigenvalue weighted by Gasteiger charge is 2.12. The molecule has 0 fully saturated rings. The molecule has 1 heterocycles. The summed E-state index contributed by atoms with van der Waals surface area (Å²) in [6.07, 6.45) is 1.66. The molecule has 0 aliphatic carbocycles. The molecule has 18 heavy (non-hydrogen) atoms. The van der Waals surface area contributed by atoms with Crippen molar-refractivity contribution in [2.24, 2.45) is 0 Å². The van der Waals surface area contributed by atoms with E-state index in [0.717, 1.165) is 4.47 Å². The summed E-state index contributed by atoms with van der Waals surface area (Å²) in [4.78, 5) is 14.7. The Bertz CT molecular complexity index is 612. The number of aromatic amines is 1. The molecular weight excluding hydrogens is 362 g/mol. The molecule has 2 rings (SSSR count). The first-order chi connectivity index (χ1) is 8.47. The molecule has 0 unspecified atom stereocenters. The molecule has 1 amide bonds. The van der Waals surface area contributed by atoms with Crippen LogP contribution in [0, 0.1) is 0 Å². The third kappa shape index (κ3) is 3.01. The Morgan fingerprint density at radius 2 is 1.78 bits per heavy atom. The lowest BCUT2D eigenvalue weighted by atomic mass is 10.3. The van der Waals surface area contributed by atoms with Crippen molar-refractivity contribution >= 4 is 62.3 Å². The number of rotatable bonds is 2. The van der Waals surface area contributed by atoms with E-state index in [2.05, 4.69) is 26.2 Å². The summed E-state index contributed by atoms with van der Waals surface area (Å²) < 4.78 is 0.785. The summed E-state index contributed by atoms with van der Waals surface area (Å²) in [5.74, 6) is -0.319. The summed E-state index contributed by atoms with van der Waals surface area (Å²) in [6, 6.07) is 4.63. The van der Waals surface area contributed by atoms with Crippen molar-refractivity contribution < 1.29 is 4.79 Å². The van der Waals surface area contributed by atoms with Gasteiger partial charge in [0, 0.05) is 10.7 Å². The van der Waals surface area contributed by atoms with Crippen LogP contribution in [0.3, 0.4) is 0 Å². The first-order valence-corrected chi connectivity index (χ1v) is 6.70. The van der Waals surface area contributed by atoms with Crippen LogP contribution in [0.15, 0.2) is 28.9 Å². The Hall–Kier alpha value is -0.680. The second kappa shape index (κ2) is 5.53. The van der Waals surface area contributed by atoms with Crippen molar-refractivity contribution in [1.82, 2.24) is 4.98 Å². The number of amides is 1. The molecule has 0 aliphatic heterocycles. The maximum atomic E-state index is 11.9. The lowest BCUT2D eigenvalue weighted by molar-refractivity contribution is 0.102. The zero-order valence-corrected chi connectivity index (χ0v) is 12.6. The molecule has 1 aromatic heterocycles. The highest BCUT2D eigenvalue weighted by Crippen LogP contribution is 2.32. The number of halogens is 4. The summed E-state index contributed by atoms with van der Waals surface area (Å²) in [6.45, 7) is 0. The molecule has 0 aliphatic rings. The Morgan fingerprint density at radius 1 is 1.11 bits per heavy atom. The van der Waals surface area contributed by atoms with Gasteiger partial charge in [-0.25, -0.2) is 0 Å². The van der Waals surface area contributed by atoms with E-state index in [1.165, 1.54) is 12.1 Å². The van der Waals surface area contributed by atoms with E-state index in [0.29, 0.717) is 26.4 Å². The largest absolute Gasteiger partial charge is 0.356 e. The molecule has 0 saturated heterocycles. The van der Waals surface area contributed by atoms with Crippen molar-refractivity contribution in [3.63, 3.8) is 0 Å². The molecule has 0 radical (unpaired) electrons. The van der Waals surface area contributed by atoms with Gasteiger partial charge in [0.2, 0.25) is 0 Å². The topological polar surface area (TPSA) is 44.9 Å². The third-order valence-electron chi connectivity index (χ3n) is 2.15. The van der Waals surface area contributed by atoms with Gasteiger partial charge in [-0.3, -0.25) is 4.79 Å². The summed E-state index contributed by atoms with van der Waals surface area (Å²) in [5, 5.41) is 3.62. The number of carbonyl (C=O) groups excluding carboxylic acids is 1. The van der Waals surface area contributed by atoms with Crippen molar-refractivity contribution in [2.75, 3.05) is 5.32 Å². The van der Waals surface area contributed by atoms with Gasteiger partial charge in [-0.15, -0.1) is 0 Å². The molecular formula is C11H6BrCl3N2O. The van der Waals surface area contributed by atoms with Gasteiger partial charge in [0.25, 0.3) is 5.91 Å². The van der Waals surface area contributed by atoms with Crippen LogP contribution < -0.4 is 5.32 Å². The normalized spacial score (nSPS) is 10.4. The Kier molecular flexibility index (Phi) is 4.22. The van der Waals surface area contributed by atoms with E-state index in [-0.39, 0.29) is 5.91 Å². The Morgan fingerprint density at radius 3 is 2.39 bits per heavy atom. The minimum absolute atomic E-state index is 0.319. The van der Waals surface area contributed by atoms with Gasteiger partial charge >= 0.3 is 0 Å². The van der Waals surface area contributed by atoms with E-state index in [9.17, 15) is 4.79 Å². The average molecular weight is 368 g/mol. The molecule has 1 aromatic carbocycles. The second-order valence-corrected chi connectivity index (χ2v) is 5.57. The molecule has 2 N–H and O–H groups in total. The predicted molar refractivity (Wildman–Crippen MR) is 77.9 cm³/mol. The number of aromatic nitrogens is 1. The minimum Gasteiger partial charge on any atom is -0.356 e. The number of H-pyrrole nitrogens is 1. The molecule has 0 spiro atoms. The van der Waals surface area contributed by atoms with E-state index < -0.39 is 0 Å². The lowest BCUT2D eigenvalue weighted by Gasteiger charge is -2.07. The van der Waals surface area contributed by atoms with Gasteiger partial charge < -0.3 is 10.3 Å². The second-order valence-electron chi connectivity index (χ2n) is 3.43. The summed E-state index contributed by atoms with van der Waals surface area (Å²) in [7, 11) is 0. The van der Waals surface area contributed by atoms with Gasteiger partial charge in [-0.2, -0.15) is 0 Å². The SMILES string of the molecule is O=C(Nc1cc(Cl)c(Cl)cc1Cl)c1cc(Br)c[nH]1. The molecule has 0 bridgehead atoms. The predicted octanol–water partition coefficient (Wildman–Crippen LogP) is 4.99. The molecule has 2 aromatic rings. The molecule has 7 heteroatoms. The minimum atomic E-state index is -0.319. The maximum Gasteiger partial charge on any atom is 0.272 e. The standard InChI is InChI=1S/C11H6BrCl3N2O/c12-5-1-10(16-4-5)11(18)17-9-3-7(14)6(13)2-8(9)15/h1-4,16H,(H,17,18). The first kappa shape index (κ1) is 13.7. The zero-order valence-electron chi connectivity index (χ0n) is 8.73. The van der Waals surface area contributed by atoms with Crippen molar-refractivity contribution in [3.05, 3.63) is 49.6 Å².